The van der Waals surface area contributed by atoms with E-state index in [1.807, 2.05) is 47.4 Å². The first-order valence-corrected chi connectivity index (χ1v) is 8.87. The van der Waals surface area contributed by atoms with Crippen LogP contribution in [0.15, 0.2) is 42.5 Å². The minimum atomic E-state index is -0.0962. The summed E-state index contributed by atoms with van der Waals surface area (Å²) in [7, 11) is 1.65. The smallest absolute Gasteiger partial charge is 0.244 e. The fourth-order valence-electron chi connectivity index (χ4n) is 3.23. The number of rotatable bonds is 4. The van der Waals surface area contributed by atoms with Crippen molar-refractivity contribution in [3.8, 4) is 5.75 Å². The van der Waals surface area contributed by atoms with Gasteiger partial charge in [0.25, 0.3) is 0 Å². The maximum atomic E-state index is 12.2. The molecule has 3 rings (SSSR count). The Morgan fingerprint density at radius 3 is 2.50 bits per heavy atom. The molecule has 5 nitrogen and oxygen atoms in total. The number of fused-ring (bicyclic) bond motifs is 1. The van der Waals surface area contributed by atoms with E-state index >= 15 is 0 Å². The predicted molar refractivity (Wildman–Crippen MR) is 103 cm³/mol. The molecular formula is C21H24N2O3. The number of hydrogen-bond acceptors (Lipinski definition) is 3. The highest BCUT2D eigenvalue weighted by Crippen LogP contribution is 2.22. The Labute approximate surface area is 153 Å². The van der Waals surface area contributed by atoms with E-state index < -0.39 is 0 Å². The van der Waals surface area contributed by atoms with E-state index in [1.165, 1.54) is 0 Å². The molecule has 1 aliphatic heterocycles. The Bertz CT molecular complexity index is 836. The monoisotopic (exact) mass is 352 g/mol. The maximum absolute atomic E-state index is 12.2. The summed E-state index contributed by atoms with van der Waals surface area (Å²) in [5, 5.41) is 5.22. The fraction of sp³-hybridized carbons (Fsp3) is 0.333. The van der Waals surface area contributed by atoms with Crippen LogP contribution in [0, 0.1) is 0 Å². The highest BCUT2D eigenvalue weighted by molar-refractivity contribution is 5.93. The molecule has 0 radical (unpaired) electrons. The van der Waals surface area contributed by atoms with Crippen molar-refractivity contribution in [3.05, 3.63) is 48.0 Å². The van der Waals surface area contributed by atoms with Crippen LogP contribution in [0.2, 0.25) is 0 Å². The molecular weight excluding hydrogens is 328 g/mol. The largest absolute Gasteiger partial charge is 0.497 e. The number of carbonyl (C=O) groups excluding carboxylic acids is 2. The number of likely N-dealkylation sites (tertiary alicyclic amines) is 1. The third-order valence-electron chi connectivity index (χ3n) is 4.79. The van der Waals surface area contributed by atoms with Gasteiger partial charge in [-0.05, 0) is 53.5 Å². The van der Waals surface area contributed by atoms with Crippen LogP contribution in [0.5, 0.6) is 5.75 Å². The zero-order chi connectivity index (χ0) is 18.5. The van der Waals surface area contributed by atoms with E-state index in [9.17, 15) is 9.59 Å². The summed E-state index contributed by atoms with van der Waals surface area (Å²) in [6.07, 6.45) is 5.00. The summed E-state index contributed by atoms with van der Waals surface area (Å²) in [4.78, 5) is 25.3. The fourth-order valence-corrected chi connectivity index (χ4v) is 3.23. The maximum Gasteiger partial charge on any atom is 0.244 e. The van der Waals surface area contributed by atoms with Gasteiger partial charge in [-0.15, -0.1) is 0 Å². The molecule has 1 saturated heterocycles. The first-order chi connectivity index (χ1) is 12.5. The van der Waals surface area contributed by atoms with Crippen molar-refractivity contribution < 1.29 is 14.3 Å². The summed E-state index contributed by atoms with van der Waals surface area (Å²) >= 11 is 0. The Morgan fingerprint density at radius 2 is 1.81 bits per heavy atom. The predicted octanol–water partition coefficient (Wildman–Crippen LogP) is 2.99. The van der Waals surface area contributed by atoms with Crippen LogP contribution in [0.4, 0.5) is 0 Å². The van der Waals surface area contributed by atoms with Gasteiger partial charge in [-0.2, -0.15) is 0 Å². The number of amides is 2. The SMILES string of the molecule is COc1ccc2cc(C=CC(=O)NC3CCN(C(C)=O)CC3)ccc2c1. The van der Waals surface area contributed by atoms with Crippen molar-refractivity contribution in [1.82, 2.24) is 10.2 Å². The third-order valence-corrected chi connectivity index (χ3v) is 4.79. The summed E-state index contributed by atoms with van der Waals surface area (Å²) in [6.45, 7) is 3.00. The average Bonchev–Trinajstić information content (AvgIpc) is 2.66. The highest BCUT2D eigenvalue weighted by atomic mass is 16.5. The highest BCUT2D eigenvalue weighted by Gasteiger charge is 2.21. The second-order valence-corrected chi connectivity index (χ2v) is 6.59. The molecule has 1 fully saturated rings. The van der Waals surface area contributed by atoms with Gasteiger partial charge < -0.3 is 15.0 Å². The second kappa shape index (κ2) is 8.04. The van der Waals surface area contributed by atoms with Crippen LogP contribution in [0.3, 0.4) is 0 Å². The van der Waals surface area contributed by atoms with Gasteiger partial charge >= 0.3 is 0 Å². The van der Waals surface area contributed by atoms with E-state index in [-0.39, 0.29) is 17.9 Å². The van der Waals surface area contributed by atoms with Gasteiger partial charge in [0.05, 0.1) is 7.11 Å². The number of methoxy groups -OCH3 is 1. The number of nitrogens with one attached hydrogen (secondary N) is 1. The summed E-state index contributed by atoms with van der Waals surface area (Å²) in [5.41, 5.74) is 0.976. The Hall–Kier alpha value is -2.82. The van der Waals surface area contributed by atoms with Crippen molar-refractivity contribution in [1.29, 1.82) is 0 Å². The van der Waals surface area contributed by atoms with Crippen molar-refractivity contribution in [2.75, 3.05) is 20.2 Å². The molecule has 0 unspecified atom stereocenters. The zero-order valence-corrected chi connectivity index (χ0v) is 15.2. The lowest BCUT2D eigenvalue weighted by molar-refractivity contribution is -0.129. The Kier molecular flexibility index (Phi) is 5.56. The number of ether oxygens (including phenoxy) is 1. The zero-order valence-electron chi connectivity index (χ0n) is 15.2. The number of benzene rings is 2. The van der Waals surface area contributed by atoms with E-state index in [2.05, 4.69) is 5.32 Å². The molecule has 1 heterocycles. The quantitative estimate of drug-likeness (QED) is 0.861. The molecule has 2 aromatic rings. The van der Waals surface area contributed by atoms with E-state index in [1.54, 1.807) is 20.1 Å². The van der Waals surface area contributed by atoms with Gasteiger partial charge in [-0.1, -0.05) is 18.2 Å². The van der Waals surface area contributed by atoms with Crippen LogP contribution in [0.1, 0.15) is 25.3 Å². The van der Waals surface area contributed by atoms with Crippen molar-refractivity contribution in [2.45, 2.75) is 25.8 Å². The molecule has 0 bridgehead atoms. The molecule has 0 aliphatic carbocycles. The summed E-state index contributed by atoms with van der Waals surface area (Å²) in [6, 6.07) is 12.1. The molecule has 1 N–H and O–H groups in total. The lowest BCUT2D eigenvalue weighted by Gasteiger charge is -2.31. The minimum absolute atomic E-state index is 0.0962. The van der Waals surface area contributed by atoms with Crippen molar-refractivity contribution >= 4 is 28.7 Å². The van der Waals surface area contributed by atoms with Gasteiger partial charge in [-0.3, -0.25) is 9.59 Å². The first-order valence-electron chi connectivity index (χ1n) is 8.87. The average molecular weight is 352 g/mol. The molecule has 136 valence electrons. The van der Waals surface area contributed by atoms with Crippen LogP contribution in [-0.4, -0.2) is 43.0 Å². The Morgan fingerprint density at radius 1 is 1.12 bits per heavy atom. The van der Waals surface area contributed by atoms with Crippen molar-refractivity contribution in [3.63, 3.8) is 0 Å². The lowest BCUT2D eigenvalue weighted by Crippen LogP contribution is -2.45. The molecule has 0 saturated carbocycles. The number of piperidine rings is 1. The molecule has 5 heteroatoms. The van der Waals surface area contributed by atoms with E-state index in [4.69, 9.17) is 4.74 Å². The van der Waals surface area contributed by atoms with Gasteiger partial charge in [0.15, 0.2) is 0 Å². The standard InChI is InChI=1S/C21H24N2O3/c1-15(24)23-11-9-19(10-12-23)22-21(25)8-4-16-3-5-18-14-20(26-2)7-6-17(18)13-16/h3-8,13-14,19H,9-12H2,1-2H3,(H,22,25). The van der Waals surface area contributed by atoms with Gasteiger partial charge in [-0.25, -0.2) is 0 Å². The topological polar surface area (TPSA) is 58.6 Å². The van der Waals surface area contributed by atoms with Crippen molar-refractivity contribution in [2.24, 2.45) is 0 Å². The number of nitrogens with zero attached hydrogens (tertiary/aromatic N) is 1. The minimum Gasteiger partial charge on any atom is -0.497 e. The summed E-state index contributed by atoms with van der Waals surface area (Å²) < 4.78 is 5.23. The normalized spacial score (nSPS) is 15.4. The molecule has 1 aliphatic rings. The second-order valence-electron chi connectivity index (χ2n) is 6.59. The van der Waals surface area contributed by atoms with Gasteiger partial charge in [0, 0.05) is 32.1 Å². The van der Waals surface area contributed by atoms with Gasteiger partial charge in [0.1, 0.15) is 5.75 Å². The van der Waals surface area contributed by atoms with E-state index in [0.29, 0.717) is 13.1 Å². The molecule has 0 spiro atoms. The van der Waals surface area contributed by atoms with Gasteiger partial charge in [0.2, 0.25) is 11.8 Å². The lowest BCUT2D eigenvalue weighted by atomic mass is 10.0. The number of hydrogen-bond donors (Lipinski definition) is 1. The Balaban J connectivity index is 1.58. The summed E-state index contributed by atoms with van der Waals surface area (Å²) in [5.74, 6) is 0.834. The molecule has 26 heavy (non-hydrogen) atoms. The van der Waals surface area contributed by atoms with Crippen LogP contribution in [-0.2, 0) is 9.59 Å². The molecule has 2 aromatic carbocycles. The van der Waals surface area contributed by atoms with Crippen LogP contribution in [0.25, 0.3) is 16.8 Å². The third kappa shape index (κ3) is 4.42. The molecule has 2 amide bonds. The van der Waals surface area contributed by atoms with E-state index in [0.717, 1.165) is 34.9 Å². The molecule has 0 atom stereocenters. The van der Waals surface area contributed by atoms with Crippen LogP contribution >= 0.6 is 0 Å². The number of carbonyl (C=O) groups is 2. The molecule has 0 aromatic heterocycles. The first kappa shape index (κ1) is 18.0. The van der Waals surface area contributed by atoms with Crippen LogP contribution < -0.4 is 10.1 Å².